The first-order chi connectivity index (χ1) is 7.41. The summed E-state index contributed by atoms with van der Waals surface area (Å²) < 4.78 is 13.1. The molecule has 0 rings (SSSR count). The van der Waals surface area contributed by atoms with Crippen molar-refractivity contribution >= 4 is 19.9 Å². The van der Waals surface area contributed by atoms with Gasteiger partial charge in [-0.25, -0.2) is 14.2 Å². The Bertz CT molecular complexity index is 276. The van der Waals surface area contributed by atoms with E-state index in [1.807, 2.05) is 0 Å². The molecule has 9 nitrogen and oxygen atoms in total. The minimum atomic E-state index is -4.64. The lowest BCUT2D eigenvalue weighted by Crippen LogP contribution is -2.11. The predicted octanol–water partition coefficient (Wildman–Crippen LogP) is -0.180. The fourth-order valence-corrected chi connectivity index (χ4v) is 0.142. The molecule has 0 radical (unpaired) electrons. The predicted molar refractivity (Wildman–Crippen MR) is 57.9 cm³/mol. The van der Waals surface area contributed by atoms with Crippen LogP contribution in [-0.2, 0) is 14.1 Å². The number of carbonyl (C=O) groups is 2. The van der Waals surface area contributed by atoms with Crippen molar-refractivity contribution in [2.24, 2.45) is 5.73 Å². The third-order valence-corrected chi connectivity index (χ3v) is 0.652. The number of aliphatic carboxylic acids is 1. The van der Waals surface area contributed by atoms with Gasteiger partial charge in [-0.3, -0.25) is 0 Å². The van der Waals surface area contributed by atoms with E-state index in [1.165, 1.54) is 6.92 Å². The Kier molecular flexibility index (Phi) is 13.7. The number of phosphoric acid groups is 1. The average molecular weight is 273 g/mol. The number of rotatable bonds is 2. The summed E-state index contributed by atoms with van der Waals surface area (Å²) in [5.41, 5.74) is 4.72. The van der Waals surface area contributed by atoms with Crippen LogP contribution in [0.3, 0.4) is 0 Å². The molecule has 0 aromatic rings. The summed E-state index contributed by atoms with van der Waals surface area (Å²) in [4.78, 5) is 40.8. The highest BCUT2D eigenvalue weighted by molar-refractivity contribution is 7.45. The Labute approximate surface area is 97.8 Å². The molecule has 0 saturated carbocycles. The van der Waals surface area contributed by atoms with E-state index in [-0.39, 0.29) is 5.57 Å². The molecule has 0 aromatic heterocycles. The summed E-state index contributed by atoms with van der Waals surface area (Å²) in [6.45, 7) is 6.66. The Balaban J connectivity index is -0.000000174. The van der Waals surface area contributed by atoms with Crippen molar-refractivity contribution in [1.82, 2.24) is 0 Å². The first-order valence-electron chi connectivity index (χ1n) is 4.01. The summed E-state index contributed by atoms with van der Waals surface area (Å²) in [6, 6.07) is 0. The monoisotopic (exact) mass is 273 g/mol. The van der Waals surface area contributed by atoms with Gasteiger partial charge >= 0.3 is 19.9 Å². The summed E-state index contributed by atoms with van der Waals surface area (Å²) in [5, 5.41) is 7.89. The van der Waals surface area contributed by atoms with E-state index in [0.717, 1.165) is 0 Å². The molecule has 102 valence electrons. The van der Waals surface area contributed by atoms with E-state index in [1.54, 1.807) is 6.92 Å². The number of hydrogen-bond acceptors (Lipinski definition) is 4. The molecule has 0 saturated heterocycles. The van der Waals surface area contributed by atoms with Crippen molar-refractivity contribution in [3.63, 3.8) is 0 Å². The van der Waals surface area contributed by atoms with Crippen LogP contribution in [0.2, 0.25) is 0 Å². The lowest BCUT2D eigenvalue weighted by atomic mass is 10.4. The Morgan fingerprint density at radius 2 is 1.59 bits per heavy atom. The number of nitrogens with two attached hydrogens (primary N) is 1. The van der Waals surface area contributed by atoms with Gasteiger partial charge in [-0.1, -0.05) is 6.58 Å². The Morgan fingerprint density at radius 3 is 1.59 bits per heavy atom. The molecule has 0 aliphatic rings. The lowest BCUT2D eigenvalue weighted by molar-refractivity contribution is -0.132. The fraction of sp³-hybridized carbons (Fsp3) is 0.429. The van der Waals surface area contributed by atoms with Crippen LogP contribution >= 0.6 is 7.82 Å². The minimum Gasteiger partial charge on any atom is -0.478 e. The summed E-state index contributed by atoms with van der Waals surface area (Å²) in [7, 11) is -4.64. The second-order valence-corrected chi connectivity index (χ2v) is 3.38. The molecule has 0 aliphatic heterocycles. The summed E-state index contributed by atoms with van der Waals surface area (Å²) in [5.74, 6) is -0.935. The van der Waals surface area contributed by atoms with E-state index in [4.69, 9.17) is 24.4 Å². The van der Waals surface area contributed by atoms with Gasteiger partial charge in [-0.2, -0.15) is 0 Å². The zero-order valence-corrected chi connectivity index (χ0v) is 10.3. The first-order valence-corrected chi connectivity index (χ1v) is 5.57. The van der Waals surface area contributed by atoms with Gasteiger partial charge in [0, 0.05) is 5.57 Å². The number of carboxylic acids is 1. The average Bonchev–Trinajstić information content (AvgIpc) is 2.00. The molecular formula is C7H16NO8P. The molecule has 17 heavy (non-hydrogen) atoms. The topological polar surface area (TPSA) is 167 Å². The highest BCUT2D eigenvalue weighted by atomic mass is 31.2. The highest BCUT2D eigenvalue weighted by Gasteiger charge is 2.00. The number of ether oxygens (including phenoxy) is 1. The largest absolute Gasteiger partial charge is 0.478 e. The SMILES string of the molecule is C=C(C)C(=O)O.CCOC(N)=O.O=P(O)(O)O. The number of carbonyl (C=O) groups excluding carboxylic acids is 1. The molecule has 0 fully saturated rings. The standard InChI is InChI=1S/C4H6O2.C3H7NO2.H3O4P/c1-3(2)4(5)6;1-2-6-3(4)5;1-5(2,3)4/h1H2,2H3,(H,5,6);2H2,1H3,(H2,4,5);(H3,1,2,3,4). The maximum atomic E-state index is 9.60. The van der Waals surface area contributed by atoms with E-state index in [9.17, 15) is 9.59 Å². The molecule has 10 heteroatoms. The second kappa shape index (κ2) is 11.1. The van der Waals surface area contributed by atoms with Gasteiger partial charge in [0.1, 0.15) is 0 Å². The number of primary amides is 1. The van der Waals surface area contributed by atoms with Crippen LogP contribution in [-0.4, -0.2) is 38.5 Å². The van der Waals surface area contributed by atoms with Crippen molar-refractivity contribution < 1.29 is 38.7 Å². The van der Waals surface area contributed by atoms with Gasteiger partial charge in [0.25, 0.3) is 0 Å². The minimum absolute atomic E-state index is 0.176. The molecule has 0 aromatic carbocycles. The molecule has 0 aliphatic carbocycles. The van der Waals surface area contributed by atoms with Crippen molar-refractivity contribution in [3.8, 4) is 0 Å². The van der Waals surface area contributed by atoms with Crippen LogP contribution in [0, 0.1) is 0 Å². The molecule has 0 bridgehead atoms. The molecule has 0 atom stereocenters. The smallest absolute Gasteiger partial charge is 0.466 e. The third kappa shape index (κ3) is 74.0. The second-order valence-electron chi connectivity index (χ2n) is 2.35. The quantitative estimate of drug-likeness (QED) is 0.341. The fourth-order valence-electron chi connectivity index (χ4n) is 0.142. The molecule has 1 amide bonds. The van der Waals surface area contributed by atoms with Gasteiger partial charge in [0.15, 0.2) is 0 Å². The Hall–Kier alpha value is -1.41. The first kappa shape index (κ1) is 20.9. The maximum Gasteiger partial charge on any atom is 0.466 e. The highest BCUT2D eigenvalue weighted by Crippen LogP contribution is 2.25. The van der Waals surface area contributed by atoms with Crippen LogP contribution in [0.5, 0.6) is 0 Å². The summed E-state index contributed by atoms with van der Waals surface area (Å²) >= 11 is 0. The zero-order chi connectivity index (χ0) is 14.6. The zero-order valence-electron chi connectivity index (χ0n) is 9.36. The van der Waals surface area contributed by atoms with E-state index >= 15 is 0 Å². The Morgan fingerprint density at radius 1 is 1.35 bits per heavy atom. The van der Waals surface area contributed by atoms with Crippen LogP contribution in [0.1, 0.15) is 13.8 Å². The number of amides is 1. The molecule has 0 heterocycles. The van der Waals surface area contributed by atoms with E-state index in [0.29, 0.717) is 6.61 Å². The maximum absolute atomic E-state index is 9.60. The van der Waals surface area contributed by atoms with Crippen LogP contribution < -0.4 is 5.73 Å². The van der Waals surface area contributed by atoms with Gasteiger partial charge in [0.2, 0.25) is 0 Å². The summed E-state index contributed by atoms with van der Waals surface area (Å²) in [6.07, 6.45) is -0.711. The van der Waals surface area contributed by atoms with Crippen LogP contribution in [0.25, 0.3) is 0 Å². The van der Waals surface area contributed by atoms with Crippen molar-refractivity contribution in [2.75, 3.05) is 6.61 Å². The van der Waals surface area contributed by atoms with Crippen LogP contribution in [0.15, 0.2) is 12.2 Å². The normalized spacial score (nSPS) is 8.76. The number of carboxylic acid groups (broad SMARTS) is 1. The number of hydrogen-bond donors (Lipinski definition) is 5. The van der Waals surface area contributed by atoms with Gasteiger partial charge < -0.3 is 30.3 Å². The van der Waals surface area contributed by atoms with Crippen molar-refractivity contribution in [2.45, 2.75) is 13.8 Å². The van der Waals surface area contributed by atoms with E-state index < -0.39 is 19.9 Å². The van der Waals surface area contributed by atoms with Gasteiger partial charge in [-0.15, -0.1) is 0 Å². The van der Waals surface area contributed by atoms with Crippen LogP contribution in [0.4, 0.5) is 4.79 Å². The van der Waals surface area contributed by atoms with Crippen molar-refractivity contribution in [1.29, 1.82) is 0 Å². The van der Waals surface area contributed by atoms with E-state index in [2.05, 4.69) is 17.0 Å². The molecule has 6 N–H and O–H groups in total. The molecular weight excluding hydrogens is 257 g/mol. The lowest BCUT2D eigenvalue weighted by Gasteiger charge is -1.89. The molecule has 0 unspecified atom stereocenters. The molecule has 0 spiro atoms. The van der Waals surface area contributed by atoms with Gasteiger partial charge in [0.05, 0.1) is 6.61 Å². The van der Waals surface area contributed by atoms with Crippen molar-refractivity contribution in [3.05, 3.63) is 12.2 Å². The third-order valence-electron chi connectivity index (χ3n) is 0.652. The van der Waals surface area contributed by atoms with Gasteiger partial charge in [-0.05, 0) is 13.8 Å².